The highest BCUT2D eigenvalue weighted by Gasteiger charge is 2.26. The van der Waals surface area contributed by atoms with E-state index in [4.69, 9.17) is 21.4 Å². The maximum absolute atomic E-state index is 13.1. The Hall–Kier alpha value is -2.87. The molecular formula is C14H10ClFN2O5. The second-order valence-electron chi connectivity index (χ2n) is 4.40. The van der Waals surface area contributed by atoms with Crippen LogP contribution in [0.4, 0.5) is 20.6 Å². The number of halogens is 2. The lowest BCUT2D eigenvalue weighted by molar-refractivity contribution is -0.384. The number of rotatable bonds is 4. The summed E-state index contributed by atoms with van der Waals surface area (Å²) in [4.78, 5) is 22.3. The van der Waals surface area contributed by atoms with E-state index in [0.717, 1.165) is 12.1 Å². The van der Waals surface area contributed by atoms with Crippen LogP contribution in [0.15, 0.2) is 36.4 Å². The Morgan fingerprint density at radius 1 is 1.39 bits per heavy atom. The molecule has 9 heteroatoms. The molecule has 0 atom stereocenters. The number of para-hydroxylation sites is 1. The van der Waals surface area contributed by atoms with Crippen LogP contribution in [0.25, 0.3) is 0 Å². The molecule has 0 aliphatic rings. The third kappa shape index (κ3) is 3.49. The lowest BCUT2D eigenvalue weighted by Gasteiger charge is -2.15. The minimum Gasteiger partial charge on any atom is -0.465 e. The topological polar surface area (TPSA) is 92.9 Å². The second-order valence-corrected chi connectivity index (χ2v) is 4.81. The molecule has 0 saturated heterocycles. The monoisotopic (exact) mass is 340 g/mol. The van der Waals surface area contributed by atoms with Gasteiger partial charge in [0, 0.05) is 13.1 Å². The van der Waals surface area contributed by atoms with Gasteiger partial charge in [-0.25, -0.2) is 9.18 Å². The number of ether oxygens (including phenoxy) is 1. The molecule has 0 fully saturated rings. The van der Waals surface area contributed by atoms with Crippen molar-refractivity contribution >= 4 is 29.1 Å². The minimum atomic E-state index is -1.37. The van der Waals surface area contributed by atoms with Gasteiger partial charge in [-0.2, -0.15) is 0 Å². The molecule has 0 saturated carbocycles. The van der Waals surface area contributed by atoms with E-state index in [0.29, 0.717) is 4.90 Å². The molecule has 2 rings (SSSR count). The Bertz CT molecular complexity index is 784. The zero-order chi connectivity index (χ0) is 17.1. The number of hydrogen-bond acceptors (Lipinski definition) is 4. The number of benzene rings is 2. The number of nitrogens with zero attached hydrogens (tertiary/aromatic N) is 2. The Balaban J connectivity index is 2.49. The first kappa shape index (κ1) is 16.5. The fourth-order valence-corrected chi connectivity index (χ4v) is 1.99. The summed E-state index contributed by atoms with van der Waals surface area (Å²) in [5.74, 6) is -0.772. The van der Waals surface area contributed by atoms with Gasteiger partial charge in [-0.15, -0.1) is 0 Å². The highest BCUT2D eigenvalue weighted by atomic mass is 35.5. The predicted molar refractivity (Wildman–Crippen MR) is 81.0 cm³/mol. The van der Waals surface area contributed by atoms with Gasteiger partial charge >= 0.3 is 11.8 Å². The zero-order valence-electron chi connectivity index (χ0n) is 11.7. The third-order valence-electron chi connectivity index (χ3n) is 2.93. The smallest absolute Gasteiger partial charge is 0.411 e. The molecular weight excluding hydrogens is 331 g/mol. The third-order valence-corrected chi connectivity index (χ3v) is 3.22. The molecule has 1 amide bonds. The minimum absolute atomic E-state index is 0.0784. The summed E-state index contributed by atoms with van der Waals surface area (Å²) >= 11 is 5.63. The van der Waals surface area contributed by atoms with E-state index < -0.39 is 22.5 Å². The number of nitro benzene ring substituents is 1. The highest BCUT2D eigenvalue weighted by molar-refractivity contribution is 6.30. The molecule has 0 unspecified atom stereocenters. The van der Waals surface area contributed by atoms with E-state index in [2.05, 4.69) is 0 Å². The largest absolute Gasteiger partial charge is 0.465 e. The van der Waals surface area contributed by atoms with Crippen molar-refractivity contribution in [3.63, 3.8) is 0 Å². The van der Waals surface area contributed by atoms with E-state index in [1.54, 1.807) is 0 Å². The highest BCUT2D eigenvalue weighted by Crippen LogP contribution is 2.39. The van der Waals surface area contributed by atoms with Gasteiger partial charge in [0.1, 0.15) is 17.3 Å². The average Bonchev–Trinajstić information content (AvgIpc) is 2.49. The Kier molecular flexibility index (Phi) is 4.65. The van der Waals surface area contributed by atoms with Gasteiger partial charge in [0.15, 0.2) is 0 Å². The predicted octanol–water partition coefficient (Wildman–Crippen LogP) is 4.29. The molecule has 0 spiro atoms. The van der Waals surface area contributed by atoms with Gasteiger partial charge in [-0.3, -0.25) is 15.0 Å². The SMILES string of the molecule is CN(C(=O)O)c1cccc(Oc2ccc(F)c(Cl)c2)c1[N+](=O)[O-]. The molecule has 0 aliphatic heterocycles. The van der Waals surface area contributed by atoms with Gasteiger partial charge in [0.25, 0.3) is 0 Å². The number of carboxylic acid groups (broad SMARTS) is 1. The van der Waals surface area contributed by atoms with Crippen molar-refractivity contribution in [2.24, 2.45) is 0 Å². The van der Waals surface area contributed by atoms with Crippen molar-refractivity contribution in [1.82, 2.24) is 0 Å². The lowest BCUT2D eigenvalue weighted by Crippen LogP contribution is -2.24. The van der Waals surface area contributed by atoms with Gasteiger partial charge in [-0.05, 0) is 24.3 Å². The summed E-state index contributed by atoms with van der Waals surface area (Å²) in [6.07, 6.45) is -1.37. The summed E-state index contributed by atoms with van der Waals surface area (Å²) in [5, 5.41) is 20.1. The fraction of sp³-hybridized carbons (Fsp3) is 0.0714. The van der Waals surface area contributed by atoms with Crippen molar-refractivity contribution in [2.45, 2.75) is 0 Å². The Labute approximate surface area is 134 Å². The van der Waals surface area contributed by atoms with Crippen LogP contribution < -0.4 is 9.64 Å². The van der Waals surface area contributed by atoms with Crippen molar-refractivity contribution in [3.05, 3.63) is 57.4 Å². The van der Waals surface area contributed by atoms with Crippen LogP contribution in [-0.2, 0) is 0 Å². The zero-order valence-corrected chi connectivity index (χ0v) is 12.5. The van der Waals surface area contributed by atoms with Gasteiger partial charge < -0.3 is 9.84 Å². The first-order chi connectivity index (χ1) is 10.8. The second kappa shape index (κ2) is 6.49. The van der Waals surface area contributed by atoms with Crippen LogP contribution in [0, 0.1) is 15.9 Å². The molecule has 0 heterocycles. The van der Waals surface area contributed by atoms with Crippen molar-refractivity contribution < 1.29 is 24.0 Å². The Morgan fingerprint density at radius 3 is 2.65 bits per heavy atom. The molecule has 0 radical (unpaired) electrons. The number of anilines is 1. The van der Waals surface area contributed by atoms with Crippen LogP contribution in [0.5, 0.6) is 11.5 Å². The molecule has 2 aromatic carbocycles. The number of carbonyl (C=O) groups is 1. The van der Waals surface area contributed by atoms with Crippen LogP contribution in [0.3, 0.4) is 0 Å². The molecule has 23 heavy (non-hydrogen) atoms. The first-order valence-corrected chi connectivity index (χ1v) is 6.56. The normalized spacial score (nSPS) is 10.2. The Morgan fingerprint density at radius 2 is 2.09 bits per heavy atom. The van der Waals surface area contributed by atoms with Gasteiger partial charge in [0.2, 0.25) is 5.75 Å². The summed E-state index contributed by atoms with van der Waals surface area (Å²) in [6, 6.07) is 7.44. The molecule has 0 aliphatic carbocycles. The molecule has 0 aromatic heterocycles. The standard InChI is InChI=1S/C14H10ClFN2O5/c1-17(14(19)20)11-3-2-4-12(13(11)18(21)22)23-8-5-6-10(16)9(15)7-8/h2-7H,1H3,(H,19,20). The van der Waals surface area contributed by atoms with E-state index in [1.165, 1.54) is 31.3 Å². The number of nitro groups is 1. The maximum Gasteiger partial charge on any atom is 0.411 e. The van der Waals surface area contributed by atoms with Crippen LogP contribution >= 0.6 is 11.6 Å². The maximum atomic E-state index is 13.1. The molecule has 120 valence electrons. The van der Waals surface area contributed by atoms with Crippen LogP contribution in [-0.4, -0.2) is 23.2 Å². The number of hydrogen-bond donors (Lipinski definition) is 1. The van der Waals surface area contributed by atoms with Crippen molar-refractivity contribution in [1.29, 1.82) is 0 Å². The van der Waals surface area contributed by atoms with Crippen molar-refractivity contribution in [3.8, 4) is 11.5 Å². The molecule has 0 bridgehead atoms. The lowest BCUT2D eigenvalue weighted by atomic mass is 10.2. The summed E-state index contributed by atoms with van der Waals surface area (Å²) in [6.45, 7) is 0. The first-order valence-electron chi connectivity index (χ1n) is 6.18. The van der Waals surface area contributed by atoms with Gasteiger partial charge in [0.05, 0.1) is 9.95 Å². The van der Waals surface area contributed by atoms with E-state index in [1.807, 2.05) is 0 Å². The summed E-state index contributed by atoms with van der Waals surface area (Å²) < 4.78 is 18.5. The average molecular weight is 341 g/mol. The molecule has 7 nitrogen and oxygen atoms in total. The van der Waals surface area contributed by atoms with Gasteiger partial charge in [-0.1, -0.05) is 17.7 Å². The van der Waals surface area contributed by atoms with Crippen molar-refractivity contribution in [2.75, 3.05) is 11.9 Å². The van der Waals surface area contributed by atoms with Crippen LogP contribution in [0.2, 0.25) is 5.02 Å². The van der Waals surface area contributed by atoms with Crippen LogP contribution in [0.1, 0.15) is 0 Å². The molecule has 1 N–H and O–H groups in total. The van der Waals surface area contributed by atoms with E-state index >= 15 is 0 Å². The summed E-state index contributed by atoms with van der Waals surface area (Å²) in [5.41, 5.74) is -0.689. The summed E-state index contributed by atoms with van der Waals surface area (Å²) in [7, 11) is 1.17. The van der Waals surface area contributed by atoms with E-state index in [-0.39, 0.29) is 22.2 Å². The fourth-order valence-electron chi connectivity index (χ4n) is 1.82. The molecule has 2 aromatic rings. The quantitative estimate of drug-likeness (QED) is 0.661. The number of amides is 1. The van der Waals surface area contributed by atoms with E-state index in [9.17, 15) is 19.3 Å².